The van der Waals surface area contributed by atoms with E-state index in [9.17, 15) is 10.4 Å². The van der Waals surface area contributed by atoms with E-state index in [2.05, 4.69) is 83.3 Å². The largest absolute Gasteiger partial charge is 0.435 e. The summed E-state index contributed by atoms with van der Waals surface area (Å²) < 4.78 is 6.33. The Labute approximate surface area is 292 Å². The third-order valence-electron chi connectivity index (χ3n) is 10.5. The van der Waals surface area contributed by atoms with Crippen LogP contribution >= 0.6 is 0 Å². The van der Waals surface area contributed by atoms with Crippen molar-refractivity contribution in [1.29, 1.82) is 5.26 Å². The molecule has 2 atom stereocenters. The fourth-order valence-electron chi connectivity index (χ4n) is 7.69. The Kier molecular flexibility index (Phi) is 8.53. The molecule has 0 saturated carbocycles. The highest BCUT2D eigenvalue weighted by atomic mass is 16.3. The van der Waals surface area contributed by atoms with Gasteiger partial charge in [0, 0.05) is 61.3 Å². The number of fused-ring (bicyclic) bond motifs is 2. The number of hydrogen-bond donors (Lipinski definition) is 2. The lowest BCUT2D eigenvalue weighted by molar-refractivity contribution is 0.175. The lowest BCUT2D eigenvalue weighted by Crippen LogP contribution is -2.26. The zero-order chi connectivity index (χ0) is 34.4. The molecule has 50 heavy (non-hydrogen) atoms. The lowest BCUT2D eigenvalue weighted by atomic mass is 9.93. The van der Waals surface area contributed by atoms with E-state index in [1.165, 1.54) is 12.8 Å². The number of pyridine rings is 2. The fourth-order valence-corrected chi connectivity index (χ4v) is 7.69. The molecule has 0 radical (unpaired) electrons. The highest BCUT2D eigenvalue weighted by Crippen LogP contribution is 2.38. The molecule has 2 saturated heterocycles. The molecule has 9 heteroatoms. The van der Waals surface area contributed by atoms with Crippen LogP contribution in [0.25, 0.3) is 44.6 Å². The molecule has 0 amide bonds. The van der Waals surface area contributed by atoms with E-state index in [-0.39, 0.29) is 6.10 Å². The number of aromatic nitrogens is 3. The molecule has 252 valence electrons. The number of anilines is 2. The lowest BCUT2D eigenvalue weighted by Gasteiger charge is -2.20. The number of aliphatic hydroxyl groups is 1. The maximum absolute atomic E-state index is 10.0. The van der Waals surface area contributed by atoms with Crippen molar-refractivity contribution < 1.29 is 9.52 Å². The van der Waals surface area contributed by atoms with E-state index in [4.69, 9.17) is 14.4 Å². The van der Waals surface area contributed by atoms with Gasteiger partial charge >= 0.3 is 0 Å². The molecular formula is C41H41N7O2. The Morgan fingerprint density at radius 2 is 1.76 bits per heavy atom. The van der Waals surface area contributed by atoms with E-state index in [1.54, 1.807) is 0 Å². The molecule has 0 unspecified atom stereocenters. The van der Waals surface area contributed by atoms with Gasteiger partial charge in [0.2, 0.25) is 5.89 Å². The Morgan fingerprint density at radius 1 is 0.940 bits per heavy atom. The van der Waals surface area contributed by atoms with Crippen molar-refractivity contribution in [1.82, 2.24) is 24.8 Å². The average Bonchev–Trinajstić information content (AvgIpc) is 3.85. The van der Waals surface area contributed by atoms with Gasteiger partial charge in [0.05, 0.1) is 11.7 Å². The molecule has 5 heterocycles. The van der Waals surface area contributed by atoms with Crippen molar-refractivity contribution in [3.63, 3.8) is 0 Å². The SMILES string of the molecule is Cc1c(Nc2nccc3cc(CN4CC[C@H](O)C4)cnc23)cccc1-c1cccc(-c2nc3cc(CN4CCC[C@H]4C)cc(C#N)c3o2)c1C. The molecular weight excluding hydrogens is 622 g/mol. The van der Waals surface area contributed by atoms with Crippen molar-refractivity contribution >= 4 is 33.5 Å². The summed E-state index contributed by atoms with van der Waals surface area (Å²) in [6, 6.07) is 23.5. The van der Waals surface area contributed by atoms with Gasteiger partial charge in [-0.05, 0) is 116 Å². The van der Waals surface area contributed by atoms with Gasteiger partial charge in [-0.25, -0.2) is 9.97 Å². The summed E-state index contributed by atoms with van der Waals surface area (Å²) in [6.07, 6.45) is 6.73. The molecule has 2 fully saturated rings. The molecule has 2 aliphatic heterocycles. The van der Waals surface area contributed by atoms with Crippen LogP contribution in [0.2, 0.25) is 0 Å². The zero-order valence-electron chi connectivity index (χ0n) is 28.8. The van der Waals surface area contributed by atoms with Crippen molar-refractivity contribution in [2.45, 2.75) is 65.3 Å². The normalized spacial score (nSPS) is 18.3. The number of benzene rings is 3. The molecule has 3 aromatic heterocycles. The van der Waals surface area contributed by atoms with Gasteiger partial charge in [-0.15, -0.1) is 0 Å². The van der Waals surface area contributed by atoms with Crippen molar-refractivity contribution in [2.24, 2.45) is 0 Å². The third-order valence-corrected chi connectivity index (χ3v) is 10.5. The minimum atomic E-state index is -0.240. The Hall–Kier alpha value is -5.14. The number of hydrogen-bond acceptors (Lipinski definition) is 9. The second-order valence-electron chi connectivity index (χ2n) is 13.9. The van der Waals surface area contributed by atoms with E-state index >= 15 is 0 Å². The van der Waals surface area contributed by atoms with Crippen LogP contribution in [-0.2, 0) is 13.1 Å². The summed E-state index contributed by atoms with van der Waals surface area (Å²) >= 11 is 0. The first-order chi connectivity index (χ1) is 24.3. The predicted molar refractivity (Wildman–Crippen MR) is 197 cm³/mol. The maximum atomic E-state index is 10.0. The van der Waals surface area contributed by atoms with Gasteiger partial charge in [-0.1, -0.05) is 24.3 Å². The molecule has 6 aromatic rings. The summed E-state index contributed by atoms with van der Waals surface area (Å²) in [4.78, 5) is 19.1. The molecule has 3 aromatic carbocycles. The highest BCUT2D eigenvalue weighted by molar-refractivity contribution is 5.91. The number of nitrogens with zero attached hydrogens (tertiary/aromatic N) is 6. The predicted octanol–water partition coefficient (Wildman–Crippen LogP) is 7.89. The van der Waals surface area contributed by atoms with Crippen LogP contribution in [0.1, 0.15) is 54.0 Å². The number of nitrogens with one attached hydrogen (secondary N) is 1. The number of nitriles is 1. The maximum Gasteiger partial charge on any atom is 0.227 e. The van der Waals surface area contributed by atoms with Gasteiger partial charge in [-0.3, -0.25) is 14.8 Å². The number of likely N-dealkylation sites (tertiary alicyclic amines) is 2. The van der Waals surface area contributed by atoms with Gasteiger partial charge in [-0.2, -0.15) is 5.26 Å². The number of β-amino-alcohol motifs (C(OH)–C–C–N with tert-alkyl or cyclic N) is 1. The average molecular weight is 664 g/mol. The van der Waals surface area contributed by atoms with Crippen molar-refractivity contribution in [2.75, 3.05) is 25.0 Å². The minimum absolute atomic E-state index is 0.240. The van der Waals surface area contributed by atoms with E-state index in [1.807, 2.05) is 36.7 Å². The Morgan fingerprint density at radius 3 is 2.54 bits per heavy atom. The minimum Gasteiger partial charge on any atom is -0.435 e. The van der Waals surface area contributed by atoms with Gasteiger partial charge in [0.1, 0.15) is 17.1 Å². The summed E-state index contributed by atoms with van der Waals surface area (Å²) in [5, 5.41) is 24.5. The monoisotopic (exact) mass is 663 g/mol. The summed E-state index contributed by atoms with van der Waals surface area (Å²) in [5.74, 6) is 1.22. The van der Waals surface area contributed by atoms with Crippen LogP contribution in [-0.4, -0.2) is 61.6 Å². The van der Waals surface area contributed by atoms with E-state index < -0.39 is 0 Å². The Bertz CT molecular complexity index is 2270. The van der Waals surface area contributed by atoms with Gasteiger partial charge < -0.3 is 14.8 Å². The molecule has 8 rings (SSSR count). The first kappa shape index (κ1) is 32.1. The standard InChI is InChI=1S/C41H41N7O2/c1-25-7-6-15-48(25)23-28-17-31(20-42)39-37(19-28)46-41(50-39)35-10-4-8-33(26(35)2)34-9-5-11-36(27(34)3)45-40-38-30(12-14-43-40)18-29(21-44-38)22-47-16-13-32(49)24-47/h4-5,8-12,14,17-19,21,25,32,49H,6-7,13,15-16,22-24H2,1-3H3,(H,43,45)/t25-,32+/m1/s1. The quantitative estimate of drug-likeness (QED) is 0.168. The van der Waals surface area contributed by atoms with Crippen LogP contribution in [0.3, 0.4) is 0 Å². The second-order valence-corrected chi connectivity index (χ2v) is 13.9. The highest BCUT2D eigenvalue weighted by Gasteiger charge is 2.23. The van der Waals surface area contributed by atoms with Crippen LogP contribution in [0.5, 0.6) is 0 Å². The zero-order valence-corrected chi connectivity index (χ0v) is 28.8. The van der Waals surface area contributed by atoms with Gasteiger partial charge in [0.25, 0.3) is 0 Å². The van der Waals surface area contributed by atoms with Crippen LogP contribution in [0.4, 0.5) is 11.5 Å². The Balaban J connectivity index is 1.08. The summed E-state index contributed by atoms with van der Waals surface area (Å²) in [6.45, 7) is 10.7. The van der Waals surface area contributed by atoms with Crippen molar-refractivity contribution in [3.8, 4) is 28.7 Å². The number of aliphatic hydroxyl groups excluding tert-OH is 1. The van der Waals surface area contributed by atoms with E-state index in [0.29, 0.717) is 41.0 Å². The van der Waals surface area contributed by atoms with Crippen LogP contribution < -0.4 is 5.32 Å². The summed E-state index contributed by atoms with van der Waals surface area (Å²) in [7, 11) is 0. The first-order valence-electron chi connectivity index (χ1n) is 17.5. The number of rotatable bonds is 8. The molecule has 0 bridgehead atoms. The molecule has 0 aliphatic carbocycles. The smallest absolute Gasteiger partial charge is 0.227 e. The molecule has 2 aliphatic rings. The fraction of sp³-hybridized carbons (Fsp3) is 0.317. The van der Waals surface area contributed by atoms with Crippen LogP contribution in [0, 0.1) is 25.2 Å². The first-order valence-corrected chi connectivity index (χ1v) is 17.5. The van der Waals surface area contributed by atoms with E-state index in [0.717, 1.165) is 88.1 Å². The molecule has 9 nitrogen and oxygen atoms in total. The van der Waals surface area contributed by atoms with Crippen LogP contribution in [0.15, 0.2) is 77.5 Å². The third kappa shape index (κ3) is 6.11. The number of oxazole rings is 1. The van der Waals surface area contributed by atoms with Crippen molar-refractivity contribution in [3.05, 3.63) is 101 Å². The topological polar surface area (TPSA) is 114 Å². The second kappa shape index (κ2) is 13.3. The van der Waals surface area contributed by atoms with Gasteiger partial charge in [0.15, 0.2) is 11.4 Å². The molecule has 2 N–H and O–H groups in total. The summed E-state index contributed by atoms with van der Waals surface area (Å²) in [5.41, 5.74) is 10.9. The molecule has 0 spiro atoms.